The SMILES string of the molecule is COc1ccc(CCNc2nc(Nc3ccc(-n4ccnc4)cc3)nc3c2ncn3-c2ccccc2)cc1. The Kier molecular flexibility index (Phi) is 6.38. The zero-order valence-corrected chi connectivity index (χ0v) is 20.8. The van der Waals surface area contributed by atoms with Crippen LogP contribution < -0.4 is 15.4 Å². The third-order valence-corrected chi connectivity index (χ3v) is 6.22. The van der Waals surface area contributed by atoms with Crippen LogP contribution in [-0.4, -0.2) is 42.7 Å². The van der Waals surface area contributed by atoms with Crippen molar-refractivity contribution in [3.8, 4) is 17.1 Å². The Hall–Kier alpha value is -5.18. The fourth-order valence-corrected chi connectivity index (χ4v) is 4.23. The molecule has 0 bridgehead atoms. The summed E-state index contributed by atoms with van der Waals surface area (Å²) >= 11 is 0. The highest BCUT2D eigenvalue weighted by Crippen LogP contribution is 2.25. The molecule has 6 rings (SSSR count). The summed E-state index contributed by atoms with van der Waals surface area (Å²) < 4.78 is 9.19. The monoisotopic (exact) mass is 502 g/mol. The third-order valence-electron chi connectivity index (χ3n) is 6.22. The smallest absolute Gasteiger partial charge is 0.231 e. The molecule has 3 aromatic heterocycles. The molecule has 3 heterocycles. The van der Waals surface area contributed by atoms with Gasteiger partial charge < -0.3 is 19.9 Å². The minimum absolute atomic E-state index is 0.484. The van der Waals surface area contributed by atoms with Crippen molar-refractivity contribution in [3.05, 3.63) is 109 Å². The van der Waals surface area contributed by atoms with Gasteiger partial charge in [-0.25, -0.2) is 9.97 Å². The molecule has 0 saturated heterocycles. The lowest BCUT2D eigenvalue weighted by atomic mass is 10.1. The first kappa shape index (κ1) is 23.2. The Morgan fingerprint density at radius 2 is 1.66 bits per heavy atom. The number of nitrogens with zero attached hydrogens (tertiary/aromatic N) is 6. The molecule has 6 aromatic rings. The summed E-state index contributed by atoms with van der Waals surface area (Å²) in [6, 6.07) is 26.2. The topological polar surface area (TPSA) is 94.7 Å². The number of imidazole rings is 2. The van der Waals surface area contributed by atoms with E-state index in [0.717, 1.165) is 34.9 Å². The first-order chi connectivity index (χ1) is 18.8. The number of hydrogen-bond donors (Lipinski definition) is 2. The van der Waals surface area contributed by atoms with Crippen molar-refractivity contribution in [2.45, 2.75) is 6.42 Å². The van der Waals surface area contributed by atoms with Gasteiger partial charge in [0.05, 0.1) is 13.4 Å². The number of benzene rings is 3. The second-order valence-electron chi connectivity index (χ2n) is 8.68. The summed E-state index contributed by atoms with van der Waals surface area (Å²) in [6.45, 7) is 0.690. The van der Waals surface area contributed by atoms with Gasteiger partial charge in [-0.15, -0.1) is 0 Å². The molecule has 38 heavy (non-hydrogen) atoms. The molecule has 2 N–H and O–H groups in total. The van der Waals surface area contributed by atoms with Crippen LogP contribution in [0.5, 0.6) is 5.75 Å². The van der Waals surface area contributed by atoms with Crippen molar-refractivity contribution in [1.29, 1.82) is 0 Å². The van der Waals surface area contributed by atoms with Crippen molar-refractivity contribution in [2.75, 3.05) is 24.3 Å². The van der Waals surface area contributed by atoms with E-state index >= 15 is 0 Å². The predicted octanol–water partition coefficient (Wildman–Crippen LogP) is 5.41. The number of ether oxygens (including phenoxy) is 1. The van der Waals surface area contributed by atoms with E-state index in [-0.39, 0.29) is 0 Å². The third kappa shape index (κ3) is 4.90. The van der Waals surface area contributed by atoms with E-state index in [2.05, 4.69) is 32.7 Å². The van der Waals surface area contributed by atoms with Gasteiger partial charge >= 0.3 is 0 Å². The van der Waals surface area contributed by atoms with E-state index in [0.29, 0.717) is 23.8 Å². The number of aromatic nitrogens is 6. The maximum absolute atomic E-state index is 5.26. The van der Waals surface area contributed by atoms with Gasteiger partial charge in [0, 0.05) is 36.0 Å². The van der Waals surface area contributed by atoms with Gasteiger partial charge in [0.1, 0.15) is 12.1 Å². The van der Waals surface area contributed by atoms with E-state index in [1.54, 1.807) is 26.0 Å². The number of anilines is 3. The molecule has 0 radical (unpaired) electrons. The molecule has 0 aliphatic heterocycles. The minimum atomic E-state index is 0.484. The Labute approximate surface area is 219 Å². The molecule has 9 heteroatoms. The molecule has 0 spiro atoms. The maximum Gasteiger partial charge on any atom is 0.231 e. The lowest BCUT2D eigenvalue weighted by molar-refractivity contribution is 0.414. The highest BCUT2D eigenvalue weighted by molar-refractivity contribution is 5.86. The highest BCUT2D eigenvalue weighted by Gasteiger charge is 2.15. The lowest BCUT2D eigenvalue weighted by Gasteiger charge is -2.12. The van der Waals surface area contributed by atoms with Crippen LogP contribution in [0.3, 0.4) is 0 Å². The summed E-state index contributed by atoms with van der Waals surface area (Å²) in [5.41, 5.74) is 5.51. The fraction of sp³-hybridized carbons (Fsp3) is 0.103. The summed E-state index contributed by atoms with van der Waals surface area (Å²) in [5.74, 6) is 2.01. The maximum atomic E-state index is 5.26. The van der Waals surface area contributed by atoms with Crippen LogP contribution >= 0.6 is 0 Å². The van der Waals surface area contributed by atoms with Crippen LogP contribution in [0.15, 0.2) is 104 Å². The van der Waals surface area contributed by atoms with Gasteiger partial charge in [0.25, 0.3) is 0 Å². The number of rotatable bonds is 9. The standard InChI is InChI=1S/C29H26N8O/c1-38-25-13-7-21(8-14-25)15-16-31-27-26-28(37(20-32-26)24-5-3-2-4-6-24)35-29(34-27)33-22-9-11-23(12-10-22)36-18-17-30-19-36/h2-14,17-20H,15-16H2,1H3,(H2,31,33,34,35). The molecular weight excluding hydrogens is 476 g/mol. The predicted molar refractivity (Wildman–Crippen MR) is 149 cm³/mol. The zero-order valence-electron chi connectivity index (χ0n) is 20.8. The summed E-state index contributed by atoms with van der Waals surface area (Å²) in [7, 11) is 1.67. The normalized spacial score (nSPS) is 11.0. The zero-order chi connectivity index (χ0) is 25.7. The van der Waals surface area contributed by atoms with E-state index in [9.17, 15) is 0 Å². The molecule has 0 saturated carbocycles. The molecule has 0 fully saturated rings. The van der Waals surface area contributed by atoms with Gasteiger partial charge in [-0.3, -0.25) is 4.57 Å². The highest BCUT2D eigenvalue weighted by atomic mass is 16.5. The van der Waals surface area contributed by atoms with Crippen LogP contribution in [-0.2, 0) is 6.42 Å². The quantitative estimate of drug-likeness (QED) is 0.273. The van der Waals surface area contributed by atoms with Crippen LogP contribution in [0.25, 0.3) is 22.5 Å². The summed E-state index contributed by atoms with van der Waals surface area (Å²) in [5, 5.41) is 6.83. The fourth-order valence-electron chi connectivity index (χ4n) is 4.23. The van der Waals surface area contributed by atoms with Crippen molar-refractivity contribution in [1.82, 2.24) is 29.1 Å². The molecule has 0 unspecified atom stereocenters. The van der Waals surface area contributed by atoms with Crippen LogP contribution in [0.1, 0.15) is 5.56 Å². The van der Waals surface area contributed by atoms with E-state index in [1.165, 1.54) is 5.56 Å². The average molecular weight is 503 g/mol. The van der Waals surface area contributed by atoms with Gasteiger partial charge in [-0.2, -0.15) is 9.97 Å². The van der Waals surface area contributed by atoms with Gasteiger partial charge in [-0.1, -0.05) is 30.3 Å². The van der Waals surface area contributed by atoms with Crippen molar-refractivity contribution < 1.29 is 4.74 Å². The van der Waals surface area contributed by atoms with Crippen LogP contribution in [0.2, 0.25) is 0 Å². The van der Waals surface area contributed by atoms with Crippen LogP contribution in [0, 0.1) is 0 Å². The largest absolute Gasteiger partial charge is 0.497 e. The summed E-state index contributed by atoms with van der Waals surface area (Å²) in [6.07, 6.45) is 8.05. The van der Waals surface area contributed by atoms with Gasteiger partial charge in [-0.05, 0) is 60.5 Å². The average Bonchev–Trinajstić information content (AvgIpc) is 3.65. The molecule has 0 aliphatic carbocycles. The first-order valence-electron chi connectivity index (χ1n) is 12.3. The van der Waals surface area contributed by atoms with Crippen molar-refractivity contribution in [3.63, 3.8) is 0 Å². The number of para-hydroxylation sites is 1. The summed E-state index contributed by atoms with van der Waals surface area (Å²) in [4.78, 5) is 18.4. The molecule has 0 aliphatic rings. The second kappa shape index (κ2) is 10.4. The number of fused-ring (bicyclic) bond motifs is 1. The van der Waals surface area contributed by atoms with Gasteiger partial charge in [0.2, 0.25) is 5.95 Å². The Balaban J connectivity index is 1.29. The first-order valence-corrected chi connectivity index (χ1v) is 12.3. The minimum Gasteiger partial charge on any atom is -0.497 e. The van der Waals surface area contributed by atoms with Gasteiger partial charge in [0.15, 0.2) is 17.0 Å². The molecule has 188 valence electrons. The molecule has 0 atom stereocenters. The molecule has 3 aromatic carbocycles. The van der Waals surface area contributed by atoms with Crippen molar-refractivity contribution in [2.24, 2.45) is 0 Å². The van der Waals surface area contributed by atoms with E-state index in [4.69, 9.17) is 14.7 Å². The Morgan fingerprint density at radius 3 is 2.39 bits per heavy atom. The Morgan fingerprint density at radius 1 is 0.842 bits per heavy atom. The van der Waals surface area contributed by atoms with E-state index in [1.807, 2.05) is 82.1 Å². The lowest BCUT2D eigenvalue weighted by Crippen LogP contribution is -2.09. The second-order valence-corrected chi connectivity index (χ2v) is 8.68. The molecule has 0 amide bonds. The molecular formula is C29H26N8O. The van der Waals surface area contributed by atoms with E-state index < -0.39 is 0 Å². The number of nitrogens with one attached hydrogen (secondary N) is 2. The Bertz CT molecular complexity index is 1630. The number of methoxy groups -OCH3 is 1. The molecule has 9 nitrogen and oxygen atoms in total. The van der Waals surface area contributed by atoms with Crippen molar-refractivity contribution >= 4 is 28.6 Å². The van der Waals surface area contributed by atoms with Crippen LogP contribution in [0.4, 0.5) is 17.5 Å². The number of hydrogen-bond acceptors (Lipinski definition) is 7.